The number of nitrogens with two attached hydrogens (primary N) is 1. The molecule has 0 bridgehead atoms. The van der Waals surface area contributed by atoms with Gasteiger partial charge >= 0.3 is 0 Å². The molecule has 1 saturated heterocycles. The van der Waals surface area contributed by atoms with Crippen molar-refractivity contribution in [3.63, 3.8) is 0 Å². The molecular weight excluding hydrogens is 459 g/mol. The first-order valence-corrected chi connectivity index (χ1v) is 12.7. The normalized spacial score (nSPS) is 15.4. The third-order valence-electron chi connectivity index (χ3n) is 6.89. The zero-order chi connectivity index (χ0) is 26.2. The molecule has 4 N–H and O–H groups in total. The van der Waals surface area contributed by atoms with Crippen LogP contribution in [-0.4, -0.2) is 44.7 Å². The summed E-state index contributed by atoms with van der Waals surface area (Å²) in [4.78, 5) is 28.1. The van der Waals surface area contributed by atoms with Gasteiger partial charge in [-0.25, -0.2) is 0 Å². The molecule has 0 aromatic heterocycles. The lowest BCUT2D eigenvalue weighted by Crippen LogP contribution is -2.32. The van der Waals surface area contributed by atoms with Gasteiger partial charge in [-0.2, -0.15) is 0 Å². The fourth-order valence-corrected chi connectivity index (χ4v) is 4.62. The van der Waals surface area contributed by atoms with Gasteiger partial charge in [0, 0.05) is 11.8 Å². The molecule has 37 heavy (non-hydrogen) atoms. The van der Waals surface area contributed by atoms with Crippen LogP contribution >= 0.6 is 0 Å². The van der Waals surface area contributed by atoms with Crippen LogP contribution in [0.4, 0.5) is 17.1 Å². The number of para-hydroxylation sites is 2. The summed E-state index contributed by atoms with van der Waals surface area (Å²) in [5.74, 6) is -0.0581. The van der Waals surface area contributed by atoms with E-state index in [4.69, 9.17) is 13.6 Å². The summed E-state index contributed by atoms with van der Waals surface area (Å²) < 4.78 is 0. The maximum absolute atomic E-state index is 13.4. The van der Waals surface area contributed by atoms with Gasteiger partial charge in [-0.1, -0.05) is 54.0 Å². The average molecular weight is 492 g/mol. The molecule has 0 aliphatic carbocycles. The van der Waals surface area contributed by atoms with Gasteiger partial charge in [0.15, 0.2) is 0 Å². The van der Waals surface area contributed by atoms with E-state index in [9.17, 15) is 9.59 Å². The Bertz CT molecular complexity index is 1230. The molecule has 3 aromatic carbocycles. The number of likely N-dealkylation sites (tertiary alicyclic amines) is 1. The summed E-state index contributed by atoms with van der Waals surface area (Å²) in [7, 11) is 7.93. The molecule has 1 atom stereocenters. The summed E-state index contributed by atoms with van der Waals surface area (Å²) in [6, 6.07) is 22.2. The Labute approximate surface area is 220 Å². The summed E-state index contributed by atoms with van der Waals surface area (Å²) in [5.41, 5.74) is 10.2. The smallest absolute Gasteiger partial charge is 0.248 e. The van der Waals surface area contributed by atoms with E-state index in [2.05, 4.69) is 22.6 Å². The minimum absolute atomic E-state index is 0.0215. The number of piperidine rings is 1. The number of nitrogen functional groups attached to an aromatic ring is 1. The van der Waals surface area contributed by atoms with E-state index in [-0.39, 0.29) is 17.7 Å². The molecule has 4 rings (SSSR count). The summed E-state index contributed by atoms with van der Waals surface area (Å²) in [6.07, 6.45) is 6.20. The van der Waals surface area contributed by atoms with Gasteiger partial charge in [-0.15, -0.1) is 0 Å². The second-order valence-corrected chi connectivity index (χ2v) is 9.72. The van der Waals surface area contributed by atoms with Crippen molar-refractivity contribution in [2.45, 2.75) is 25.2 Å². The van der Waals surface area contributed by atoms with Crippen LogP contribution in [0.1, 0.15) is 36.3 Å². The molecule has 1 unspecified atom stereocenters. The van der Waals surface area contributed by atoms with Crippen molar-refractivity contribution < 1.29 is 9.59 Å². The van der Waals surface area contributed by atoms with Crippen molar-refractivity contribution in [2.75, 3.05) is 36.5 Å². The van der Waals surface area contributed by atoms with Crippen LogP contribution in [0.5, 0.6) is 0 Å². The highest BCUT2D eigenvalue weighted by atomic mass is 16.2. The molecule has 2 amide bonds. The van der Waals surface area contributed by atoms with Gasteiger partial charge in [0.1, 0.15) is 7.85 Å². The van der Waals surface area contributed by atoms with Gasteiger partial charge in [0.25, 0.3) is 0 Å². The second-order valence-electron chi connectivity index (χ2n) is 9.72. The number of anilines is 3. The van der Waals surface area contributed by atoms with Gasteiger partial charge in [0.2, 0.25) is 11.8 Å². The highest BCUT2D eigenvalue weighted by molar-refractivity contribution is 6.32. The third kappa shape index (κ3) is 7.57. The Morgan fingerprint density at radius 3 is 2.35 bits per heavy atom. The molecular formula is C30H33BN4O2. The second kappa shape index (κ2) is 12.4. The fourth-order valence-electron chi connectivity index (χ4n) is 4.62. The van der Waals surface area contributed by atoms with Crippen molar-refractivity contribution >= 4 is 48.3 Å². The van der Waals surface area contributed by atoms with E-state index in [1.807, 2.05) is 48.5 Å². The Kier molecular flexibility index (Phi) is 8.80. The van der Waals surface area contributed by atoms with Crippen molar-refractivity contribution in [3.05, 3.63) is 90.0 Å². The van der Waals surface area contributed by atoms with Gasteiger partial charge in [-0.05, 0) is 86.8 Å². The van der Waals surface area contributed by atoms with Crippen molar-refractivity contribution in [1.29, 1.82) is 0 Å². The van der Waals surface area contributed by atoms with Crippen LogP contribution in [0.25, 0.3) is 6.08 Å². The zero-order valence-corrected chi connectivity index (χ0v) is 21.2. The SMILES string of the molecule is [B]c1ccc(NC(=O)C(CC2CCN(C)CC2)c2ccc(/C=C/C(=O)Nc3ccccc3N)cc2)cc1. The molecule has 1 heterocycles. The highest BCUT2D eigenvalue weighted by Crippen LogP contribution is 2.31. The lowest BCUT2D eigenvalue weighted by molar-refractivity contribution is -0.118. The zero-order valence-electron chi connectivity index (χ0n) is 21.2. The predicted octanol–water partition coefficient (Wildman–Crippen LogP) is 4.17. The molecule has 7 heteroatoms. The molecule has 0 saturated carbocycles. The van der Waals surface area contributed by atoms with Gasteiger partial charge in [-0.3, -0.25) is 9.59 Å². The number of carbonyl (C=O) groups is 2. The van der Waals surface area contributed by atoms with Crippen LogP contribution in [0.15, 0.2) is 78.9 Å². The number of carbonyl (C=O) groups excluding carboxylic acids is 2. The molecule has 6 nitrogen and oxygen atoms in total. The molecule has 1 fully saturated rings. The standard InChI is InChI=1S/C30H33BN4O2/c1-35-18-16-22(17-19-35)20-26(30(37)33-25-13-11-24(31)12-14-25)23-9-6-21(7-10-23)8-15-29(36)34-28-5-3-2-4-27(28)32/h2-15,22,26H,16-20,32H2,1H3,(H,33,37)(H,34,36)/b15-8+. The molecule has 1 aliphatic heterocycles. The molecule has 2 radical (unpaired) electrons. The van der Waals surface area contributed by atoms with E-state index in [0.717, 1.165) is 49.2 Å². The first-order chi connectivity index (χ1) is 17.9. The Morgan fingerprint density at radius 1 is 1.00 bits per heavy atom. The van der Waals surface area contributed by atoms with Crippen molar-refractivity contribution in [3.8, 4) is 0 Å². The number of benzene rings is 3. The van der Waals surface area contributed by atoms with Crippen LogP contribution in [0.2, 0.25) is 0 Å². The summed E-state index contributed by atoms with van der Waals surface area (Å²) in [5, 5.41) is 5.85. The topological polar surface area (TPSA) is 87.5 Å². The fraction of sp³-hybridized carbons (Fsp3) is 0.267. The van der Waals surface area contributed by atoms with Gasteiger partial charge in [0.05, 0.1) is 17.3 Å². The van der Waals surface area contributed by atoms with Gasteiger partial charge < -0.3 is 21.3 Å². The van der Waals surface area contributed by atoms with E-state index in [1.165, 1.54) is 6.08 Å². The minimum atomic E-state index is -0.270. The van der Waals surface area contributed by atoms with Crippen molar-refractivity contribution in [2.24, 2.45) is 5.92 Å². The number of hydrogen-bond acceptors (Lipinski definition) is 4. The largest absolute Gasteiger partial charge is 0.397 e. The molecule has 3 aromatic rings. The number of amides is 2. The number of rotatable bonds is 8. The first-order valence-electron chi connectivity index (χ1n) is 12.7. The third-order valence-corrected chi connectivity index (χ3v) is 6.89. The Hall–Kier alpha value is -3.84. The van der Waals surface area contributed by atoms with E-state index in [1.54, 1.807) is 30.3 Å². The van der Waals surface area contributed by atoms with Crippen LogP contribution in [-0.2, 0) is 9.59 Å². The number of nitrogens with zero attached hydrogens (tertiary/aromatic N) is 1. The quantitative estimate of drug-likeness (QED) is 0.250. The molecule has 1 aliphatic rings. The maximum Gasteiger partial charge on any atom is 0.248 e. The lowest BCUT2D eigenvalue weighted by atomic mass is 9.83. The number of hydrogen-bond donors (Lipinski definition) is 3. The monoisotopic (exact) mass is 492 g/mol. The minimum Gasteiger partial charge on any atom is -0.397 e. The summed E-state index contributed by atoms with van der Waals surface area (Å²) in [6.45, 7) is 2.11. The predicted molar refractivity (Wildman–Crippen MR) is 153 cm³/mol. The highest BCUT2D eigenvalue weighted by Gasteiger charge is 2.27. The lowest BCUT2D eigenvalue weighted by Gasteiger charge is -2.31. The van der Waals surface area contributed by atoms with E-state index >= 15 is 0 Å². The van der Waals surface area contributed by atoms with Crippen molar-refractivity contribution in [1.82, 2.24) is 4.90 Å². The Balaban J connectivity index is 1.46. The average Bonchev–Trinajstić information content (AvgIpc) is 2.90. The molecule has 0 spiro atoms. The molecule has 188 valence electrons. The van der Waals surface area contributed by atoms with E-state index < -0.39 is 0 Å². The Morgan fingerprint density at radius 2 is 1.68 bits per heavy atom. The van der Waals surface area contributed by atoms with Crippen LogP contribution in [0.3, 0.4) is 0 Å². The van der Waals surface area contributed by atoms with Crippen LogP contribution < -0.4 is 21.8 Å². The van der Waals surface area contributed by atoms with E-state index in [0.29, 0.717) is 22.8 Å². The summed E-state index contributed by atoms with van der Waals surface area (Å²) >= 11 is 0. The van der Waals surface area contributed by atoms with Crippen LogP contribution in [0, 0.1) is 5.92 Å². The first kappa shape index (κ1) is 26.2. The maximum atomic E-state index is 13.4. The number of nitrogens with one attached hydrogen (secondary N) is 2.